The van der Waals surface area contributed by atoms with Crippen molar-refractivity contribution in [2.45, 2.75) is 13.3 Å². The third-order valence-corrected chi connectivity index (χ3v) is 4.04. The number of rotatable bonds is 3. The van der Waals surface area contributed by atoms with E-state index in [1.807, 2.05) is 0 Å². The molecule has 4 nitrogen and oxygen atoms in total. The summed E-state index contributed by atoms with van der Waals surface area (Å²) >= 11 is 0. The summed E-state index contributed by atoms with van der Waals surface area (Å²) < 4.78 is 21.3. The predicted octanol–water partition coefficient (Wildman–Crippen LogP) is 1.25. The molecule has 0 aliphatic carbocycles. The molecule has 0 bridgehead atoms. The third kappa shape index (κ3) is 2.61. The maximum Gasteiger partial charge on any atom is 0.315 e. The quantitative estimate of drug-likeness (QED) is 0.498. The Kier molecular flexibility index (Phi) is 3.29. The maximum absolute atomic E-state index is 11.6. The lowest BCUT2D eigenvalue weighted by atomic mass is 10.5. The molecular weight excluding hydrogens is 179 g/mol. The molecule has 1 rings (SSSR count). The van der Waals surface area contributed by atoms with Crippen LogP contribution in [0.2, 0.25) is 0 Å². The van der Waals surface area contributed by atoms with Gasteiger partial charge in [0.2, 0.25) is 7.37 Å². The van der Waals surface area contributed by atoms with E-state index in [4.69, 9.17) is 4.52 Å². The van der Waals surface area contributed by atoms with Crippen LogP contribution in [0.4, 0.5) is 0 Å². The predicted molar refractivity (Wildman–Crippen MR) is 44.5 cm³/mol. The van der Waals surface area contributed by atoms with E-state index in [1.165, 1.54) is 0 Å². The van der Waals surface area contributed by atoms with Crippen LogP contribution in [0, 0.1) is 0 Å². The Bertz CT molecular complexity index is 203. The lowest BCUT2D eigenvalue weighted by Crippen LogP contribution is -2.10. The molecular formula is C7H13O4P. The van der Waals surface area contributed by atoms with Gasteiger partial charge in [-0.1, -0.05) is 0 Å². The zero-order chi connectivity index (χ0) is 9.03. The zero-order valence-corrected chi connectivity index (χ0v) is 8.01. The third-order valence-electron chi connectivity index (χ3n) is 1.65. The summed E-state index contributed by atoms with van der Waals surface area (Å²) in [4.78, 5) is 10.9. The molecule has 12 heavy (non-hydrogen) atoms. The standard InChI is InChI=1S/C7H13O4P/c1-2-10-7(8)6-12(9)5-3-4-11-12/h2-6H2,1H3. The second-order valence-electron chi connectivity index (χ2n) is 2.69. The summed E-state index contributed by atoms with van der Waals surface area (Å²) in [6, 6.07) is 0. The van der Waals surface area contributed by atoms with E-state index >= 15 is 0 Å². The molecule has 0 amide bonds. The first-order valence-corrected chi connectivity index (χ1v) is 6.04. The summed E-state index contributed by atoms with van der Waals surface area (Å²) in [5, 5.41) is 0. The van der Waals surface area contributed by atoms with Crippen molar-refractivity contribution in [3.05, 3.63) is 0 Å². The summed E-state index contributed by atoms with van der Waals surface area (Å²) in [5.41, 5.74) is 0. The molecule has 1 atom stereocenters. The number of esters is 1. The van der Waals surface area contributed by atoms with Crippen molar-refractivity contribution < 1.29 is 18.6 Å². The molecule has 0 aromatic rings. The van der Waals surface area contributed by atoms with Gasteiger partial charge in [-0.2, -0.15) is 0 Å². The van der Waals surface area contributed by atoms with Crippen LogP contribution in [0.3, 0.4) is 0 Å². The van der Waals surface area contributed by atoms with Crippen molar-refractivity contribution in [2.75, 3.05) is 25.5 Å². The van der Waals surface area contributed by atoms with Crippen molar-refractivity contribution in [2.24, 2.45) is 0 Å². The van der Waals surface area contributed by atoms with Crippen LogP contribution in [0.5, 0.6) is 0 Å². The monoisotopic (exact) mass is 192 g/mol. The van der Waals surface area contributed by atoms with Crippen LogP contribution in [0.15, 0.2) is 0 Å². The molecule has 0 aromatic carbocycles. The molecule has 1 heterocycles. The van der Waals surface area contributed by atoms with Crippen LogP contribution >= 0.6 is 7.37 Å². The van der Waals surface area contributed by atoms with Gasteiger partial charge in [0.1, 0.15) is 6.16 Å². The van der Waals surface area contributed by atoms with Gasteiger partial charge in [-0.3, -0.25) is 9.36 Å². The highest BCUT2D eigenvalue weighted by Gasteiger charge is 2.31. The van der Waals surface area contributed by atoms with Crippen LogP contribution in [0.25, 0.3) is 0 Å². The first kappa shape index (κ1) is 9.75. The largest absolute Gasteiger partial charge is 0.466 e. The van der Waals surface area contributed by atoms with Crippen molar-refractivity contribution >= 4 is 13.3 Å². The van der Waals surface area contributed by atoms with Gasteiger partial charge in [-0.05, 0) is 13.3 Å². The average molecular weight is 192 g/mol. The highest BCUT2D eigenvalue weighted by Crippen LogP contribution is 2.51. The van der Waals surface area contributed by atoms with Crippen molar-refractivity contribution in [1.82, 2.24) is 0 Å². The van der Waals surface area contributed by atoms with Gasteiger partial charge in [0.25, 0.3) is 0 Å². The second-order valence-corrected chi connectivity index (χ2v) is 5.34. The van der Waals surface area contributed by atoms with E-state index in [2.05, 4.69) is 4.74 Å². The Morgan fingerprint density at radius 1 is 1.67 bits per heavy atom. The molecule has 1 unspecified atom stereocenters. The molecule has 1 saturated heterocycles. The fourth-order valence-corrected chi connectivity index (χ4v) is 3.06. The van der Waals surface area contributed by atoms with E-state index < -0.39 is 13.3 Å². The Hall–Kier alpha value is -0.340. The Labute approximate surface area is 71.7 Å². The molecule has 1 aliphatic rings. The highest BCUT2D eigenvalue weighted by atomic mass is 31.2. The van der Waals surface area contributed by atoms with Gasteiger partial charge in [0.05, 0.1) is 13.2 Å². The van der Waals surface area contributed by atoms with E-state index in [9.17, 15) is 9.36 Å². The number of ether oxygens (including phenoxy) is 1. The normalized spacial score (nSPS) is 28.8. The maximum atomic E-state index is 11.6. The Balaban J connectivity index is 2.39. The molecule has 1 fully saturated rings. The van der Waals surface area contributed by atoms with Crippen molar-refractivity contribution in [3.63, 3.8) is 0 Å². The van der Waals surface area contributed by atoms with Gasteiger partial charge in [0.15, 0.2) is 0 Å². The number of hydrogen-bond acceptors (Lipinski definition) is 4. The fourth-order valence-electron chi connectivity index (χ4n) is 1.13. The summed E-state index contributed by atoms with van der Waals surface area (Å²) in [7, 11) is -2.63. The lowest BCUT2D eigenvalue weighted by Gasteiger charge is -2.08. The van der Waals surface area contributed by atoms with Crippen LogP contribution < -0.4 is 0 Å². The molecule has 0 radical (unpaired) electrons. The van der Waals surface area contributed by atoms with Crippen LogP contribution in [-0.2, 0) is 18.6 Å². The zero-order valence-electron chi connectivity index (χ0n) is 7.12. The van der Waals surface area contributed by atoms with Crippen molar-refractivity contribution in [3.8, 4) is 0 Å². The van der Waals surface area contributed by atoms with Crippen LogP contribution in [0.1, 0.15) is 13.3 Å². The topological polar surface area (TPSA) is 52.6 Å². The highest BCUT2D eigenvalue weighted by molar-refractivity contribution is 7.60. The molecule has 70 valence electrons. The second kappa shape index (κ2) is 4.06. The molecule has 0 aromatic heterocycles. The summed E-state index contributed by atoms with van der Waals surface area (Å²) in [6.45, 7) is 2.57. The lowest BCUT2D eigenvalue weighted by molar-refractivity contribution is -0.140. The molecule has 1 aliphatic heterocycles. The van der Waals surface area contributed by atoms with Gasteiger partial charge >= 0.3 is 5.97 Å². The van der Waals surface area contributed by atoms with E-state index in [0.29, 0.717) is 19.4 Å². The fraction of sp³-hybridized carbons (Fsp3) is 0.857. The average Bonchev–Trinajstić information content (AvgIpc) is 2.36. The number of carbonyl (C=O) groups is 1. The van der Waals surface area contributed by atoms with Crippen molar-refractivity contribution in [1.29, 1.82) is 0 Å². The van der Waals surface area contributed by atoms with E-state index in [-0.39, 0.29) is 6.16 Å². The van der Waals surface area contributed by atoms with Gasteiger partial charge in [-0.25, -0.2) is 0 Å². The summed E-state index contributed by atoms with van der Waals surface area (Å²) in [6.07, 6.45) is 1.25. The van der Waals surface area contributed by atoms with Crippen LogP contribution in [-0.4, -0.2) is 31.5 Å². The minimum Gasteiger partial charge on any atom is -0.466 e. The first-order valence-electron chi connectivity index (χ1n) is 4.04. The minimum atomic E-state index is -2.63. The molecule has 0 spiro atoms. The van der Waals surface area contributed by atoms with E-state index in [1.54, 1.807) is 6.92 Å². The smallest absolute Gasteiger partial charge is 0.315 e. The summed E-state index contributed by atoms with van der Waals surface area (Å²) in [5.74, 6) is -0.414. The SMILES string of the molecule is CCOC(=O)CP1(=O)CCCO1. The number of hydrogen-bond donors (Lipinski definition) is 0. The minimum absolute atomic E-state index is 0.0547. The number of carbonyl (C=O) groups excluding carboxylic acids is 1. The molecule has 0 saturated carbocycles. The molecule has 5 heteroatoms. The van der Waals surface area contributed by atoms with Gasteiger partial charge in [0, 0.05) is 6.16 Å². The Morgan fingerprint density at radius 3 is 2.92 bits per heavy atom. The Morgan fingerprint density at radius 2 is 2.42 bits per heavy atom. The molecule has 0 N–H and O–H groups in total. The van der Waals surface area contributed by atoms with Gasteiger partial charge in [-0.15, -0.1) is 0 Å². The first-order chi connectivity index (χ1) is 5.66. The van der Waals surface area contributed by atoms with Gasteiger partial charge < -0.3 is 9.26 Å². The van der Waals surface area contributed by atoms with E-state index in [0.717, 1.165) is 6.42 Å².